The van der Waals surface area contributed by atoms with Crippen molar-refractivity contribution < 1.29 is 18.0 Å². The van der Waals surface area contributed by atoms with E-state index in [-0.39, 0.29) is 0 Å². The summed E-state index contributed by atoms with van der Waals surface area (Å²) in [7, 11) is 0. The summed E-state index contributed by atoms with van der Waals surface area (Å²) in [6, 6.07) is 7.79. The van der Waals surface area contributed by atoms with Crippen molar-refractivity contribution in [2.45, 2.75) is 12.5 Å². The predicted molar refractivity (Wildman–Crippen MR) is 72.5 cm³/mol. The highest BCUT2D eigenvalue weighted by Crippen LogP contribution is 2.27. The molecule has 0 bridgehead atoms. The van der Waals surface area contributed by atoms with Gasteiger partial charge in [-0.1, -0.05) is 18.2 Å². The van der Waals surface area contributed by atoms with E-state index < -0.39 is 35.1 Å². The lowest BCUT2D eigenvalue weighted by Crippen LogP contribution is -2.33. The molecule has 2 aromatic carbocycles. The normalized spacial score (nSPS) is 16.2. The second-order valence-corrected chi connectivity index (χ2v) is 4.79. The van der Waals surface area contributed by atoms with Crippen molar-refractivity contribution in [2.75, 3.05) is 10.6 Å². The van der Waals surface area contributed by atoms with E-state index in [0.29, 0.717) is 18.6 Å². The van der Waals surface area contributed by atoms with E-state index in [1.54, 1.807) is 0 Å². The van der Waals surface area contributed by atoms with Gasteiger partial charge in [-0.2, -0.15) is 0 Å². The highest BCUT2D eigenvalue weighted by molar-refractivity contribution is 5.98. The SMILES string of the molecule is O=C(Nc1c(F)cc(F)cc1F)C1Cc2ccccc2N1. The van der Waals surface area contributed by atoms with Gasteiger partial charge in [0.05, 0.1) is 0 Å². The van der Waals surface area contributed by atoms with E-state index >= 15 is 0 Å². The lowest BCUT2D eigenvalue weighted by molar-refractivity contribution is -0.116. The largest absolute Gasteiger partial charge is 0.373 e. The van der Waals surface area contributed by atoms with Crippen LogP contribution >= 0.6 is 0 Å². The summed E-state index contributed by atoms with van der Waals surface area (Å²) in [5.74, 6) is -3.89. The van der Waals surface area contributed by atoms with Crippen LogP contribution in [0.3, 0.4) is 0 Å². The first-order chi connectivity index (χ1) is 10.0. The van der Waals surface area contributed by atoms with Gasteiger partial charge in [-0.25, -0.2) is 13.2 Å². The van der Waals surface area contributed by atoms with Gasteiger partial charge in [0.25, 0.3) is 0 Å². The summed E-state index contributed by atoms with van der Waals surface area (Å²) in [6.07, 6.45) is 0.423. The Hall–Kier alpha value is -2.50. The number of nitrogens with one attached hydrogen (secondary N) is 2. The van der Waals surface area contributed by atoms with E-state index in [2.05, 4.69) is 10.6 Å². The first-order valence-corrected chi connectivity index (χ1v) is 6.34. The van der Waals surface area contributed by atoms with Crippen LogP contribution in [0.2, 0.25) is 0 Å². The molecule has 1 unspecified atom stereocenters. The van der Waals surface area contributed by atoms with Gasteiger partial charge in [0, 0.05) is 24.2 Å². The molecule has 0 spiro atoms. The van der Waals surface area contributed by atoms with E-state index in [1.165, 1.54) is 0 Å². The number of amides is 1. The molecule has 1 atom stereocenters. The third-order valence-electron chi connectivity index (χ3n) is 3.34. The van der Waals surface area contributed by atoms with Crippen molar-refractivity contribution >= 4 is 17.3 Å². The fourth-order valence-electron chi connectivity index (χ4n) is 2.33. The molecule has 3 rings (SSSR count). The maximum Gasteiger partial charge on any atom is 0.247 e. The van der Waals surface area contributed by atoms with Crippen LogP contribution in [-0.4, -0.2) is 11.9 Å². The number of anilines is 2. The van der Waals surface area contributed by atoms with E-state index in [9.17, 15) is 18.0 Å². The summed E-state index contributed by atoms with van der Waals surface area (Å²) in [5.41, 5.74) is 1.13. The second-order valence-electron chi connectivity index (χ2n) is 4.79. The Labute approximate surface area is 118 Å². The average molecular weight is 292 g/mol. The topological polar surface area (TPSA) is 41.1 Å². The highest BCUT2D eigenvalue weighted by atomic mass is 19.1. The molecule has 0 saturated carbocycles. The maximum absolute atomic E-state index is 13.5. The zero-order valence-electron chi connectivity index (χ0n) is 10.8. The summed E-state index contributed by atoms with van der Waals surface area (Å²) in [5, 5.41) is 5.14. The van der Waals surface area contributed by atoms with Crippen LogP contribution < -0.4 is 10.6 Å². The molecule has 0 fully saturated rings. The third kappa shape index (κ3) is 2.56. The van der Waals surface area contributed by atoms with Crippen molar-refractivity contribution in [3.8, 4) is 0 Å². The first-order valence-electron chi connectivity index (χ1n) is 6.34. The number of hydrogen-bond acceptors (Lipinski definition) is 2. The third-order valence-corrected chi connectivity index (χ3v) is 3.34. The Morgan fingerprint density at radius 3 is 2.48 bits per heavy atom. The number of hydrogen-bond donors (Lipinski definition) is 2. The number of halogens is 3. The van der Waals surface area contributed by atoms with Crippen LogP contribution in [0, 0.1) is 17.5 Å². The standard InChI is InChI=1S/C15H11F3N2O/c16-9-6-10(17)14(11(18)7-9)20-15(21)13-5-8-3-1-2-4-12(8)19-13/h1-4,6-7,13,19H,5H2,(H,20,21). The lowest BCUT2D eigenvalue weighted by Gasteiger charge is -2.13. The van der Waals surface area contributed by atoms with Crippen LogP contribution in [0.15, 0.2) is 36.4 Å². The Morgan fingerprint density at radius 2 is 1.81 bits per heavy atom. The molecule has 21 heavy (non-hydrogen) atoms. The van der Waals surface area contributed by atoms with Crippen LogP contribution in [0.1, 0.15) is 5.56 Å². The first kappa shape index (κ1) is 13.5. The van der Waals surface area contributed by atoms with E-state index in [1.807, 2.05) is 24.3 Å². The van der Waals surface area contributed by atoms with Gasteiger partial charge in [0.2, 0.25) is 5.91 Å². The zero-order chi connectivity index (χ0) is 15.0. The van der Waals surface area contributed by atoms with Crippen molar-refractivity contribution in [1.29, 1.82) is 0 Å². The minimum absolute atomic E-state index is 0.423. The molecule has 0 radical (unpaired) electrons. The van der Waals surface area contributed by atoms with Gasteiger partial charge in [-0.05, 0) is 11.6 Å². The van der Waals surface area contributed by atoms with Gasteiger partial charge in [0.15, 0.2) is 11.6 Å². The molecular formula is C15H11F3N2O. The molecule has 0 saturated heterocycles. The highest BCUT2D eigenvalue weighted by Gasteiger charge is 2.27. The molecule has 0 aromatic heterocycles. The fourth-order valence-corrected chi connectivity index (χ4v) is 2.33. The maximum atomic E-state index is 13.5. The summed E-state index contributed by atoms with van der Waals surface area (Å²) in [4.78, 5) is 12.1. The van der Waals surface area contributed by atoms with Crippen molar-refractivity contribution in [3.63, 3.8) is 0 Å². The molecule has 2 aromatic rings. The van der Waals surface area contributed by atoms with E-state index in [0.717, 1.165) is 11.3 Å². The molecule has 3 nitrogen and oxygen atoms in total. The Balaban J connectivity index is 1.77. The van der Waals surface area contributed by atoms with Crippen LogP contribution in [0.5, 0.6) is 0 Å². The quantitative estimate of drug-likeness (QED) is 0.893. The molecule has 108 valence electrons. The van der Waals surface area contributed by atoms with Crippen molar-refractivity contribution in [3.05, 3.63) is 59.4 Å². The number of fused-ring (bicyclic) bond motifs is 1. The van der Waals surface area contributed by atoms with E-state index in [4.69, 9.17) is 0 Å². The summed E-state index contributed by atoms with van der Waals surface area (Å²) < 4.78 is 39.8. The molecule has 1 aliphatic heterocycles. The molecule has 1 amide bonds. The number of rotatable bonds is 2. The van der Waals surface area contributed by atoms with Crippen LogP contribution in [0.25, 0.3) is 0 Å². The van der Waals surface area contributed by atoms with Crippen molar-refractivity contribution in [1.82, 2.24) is 0 Å². The second kappa shape index (κ2) is 5.12. The van der Waals surface area contributed by atoms with Gasteiger partial charge in [0.1, 0.15) is 17.5 Å². The van der Waals surface area contributed by atoms with Gasteiger partial charge >= 0.3 is 0 Å². The van der Waals surface area contributed by atoms with Crippen molar-refractivity contribution in [2.24, 2.45) is 0 Å². The molecule has 2 N–H and O–H groups in total. The number of carbonyl (C=O) groups is 1. The fraction of sp³-hybridized carbons (Fsp3) is 0.133. The monoisotopic (exact) mass is 292 g/mol. The minimum atomic E-state index is -1.14. The van der Waals surface area contributed by atoms with Gasteiger partial charge in [-0.3, -0.25) is 4.79 Å². The molecule has 0 aliphatic carbocycles. The van der Waals surface area contributed by atoms with Crippen LogP contribution in [-0.2, 0) is 11.2 Å². The summed E-state index contributed by atoms with van der Waals surface area (Å²) in [6.45, 7) is 0. The molecular weight excluding hydrogens is 281 g/mol. The molecule has 1 heterocycles. The average Bonchev–Trinajstić information content (AvgIpc) is 2.86. The number of carbonyl (C=O) groups excluding carboxylic acids is 1. The molecule has 1 aliphatic rings. The Kier molecular flexibility index (Phi) is 3.29. The predicted octanol–water partition coefficient (Wildman–Crippen LogP) is 3.08. The Bertz CT molecular complexity index is 670. The molecule has 6 heteroatoms. The number of benzene rings is 2. The smallest absolute Gasteiger partial charge is 0.247 e. The Morgan fingerprint density at radius 1 is 1.14 bits per heavy atom. The van der Waals surface area contributed by atoms with Gasteiger partial charge < -0.3 is 10.6 Å². The van der Waals surface area contributed by atoms with Crippen LogP contribution in [0.4, 0.5) is 24.5 Å². The lowest BCUT2D eigenvalue weighted by atomic mass is 10.1. The summed E-state index contributed by atoms with van der Waals surface area (Å²) >= 11 is 0. The minimum Gasteiger partial charge on any atom is -0.373 e. The van der Waals surface area contributed by atoms with Gasteiger partial charge in [-0.15, -0.1) is 0 Å². The zero-order valence-corrected chi connectivity index (χ0v) is 10.8. The number of para-hydroxylation sites is 1.